The molecule has 0 aromatic carbocycles. The van der Waals surface area contributed by atoms with E-state index in [4.69, 9.17) is 14.8 Å². The summed E-state index contributed by atoms with van der Waals surface area (Å²) in [6, 6.07) is -0.872. The largest absolute Gasteiger partial charge is 0.472 e. The molecule has 0 heterocycles. The number of aliphatic hydroxyl groups is 1. The molecule has 0 aromatic heterocycles. The fourth-order valence-electron chi connectivity index (χ4n) is 4.02. The smallest absolute Gasteiger partial charge is 0.387 e. The average Bonchev–Trinajstić information content (AvgIpc) is 2.95. The lowest BCUT2D eigenvalue weighted by Crippen LogP contribution is -2.45. The molecule has 5 N–H and O–H groups in total. The second kappa shape index (κ2) is 28.6. The Morgan fingerprint density at radius 1 is 0.829 bits per heavy atom. The van der Waals surface area contributed by atoms with E-state index in [1.165, 1.54) is 32.1 Å². The van der Waals surface area contributed by atoms with E-state index in [1.54, 1.807) is 6.08 Å². The van der Waals surface area contributed by atoms with E-state index in [9.17, 15) is 19.4 Å². The number of hydrogen-bond acceptors (Lipinski definition) is 6. The molecular weight excluding hydrogens is 539 g/mol. The fraction of sp³-hybridized carbons (Fsp3) is 0.719. The van der Waals surface area contributed by atoms with Crippen LogP contribution in [0, 0.1) is 0 Å². The van der Waals surface area contributed by atoms with E-state index in [0.29, 0.717) is 6.42 Å². The van der Waals surface area contributed by atoms with Gasteiger partial charge in [0, 0.05) is 13.0 Å². The van der Waals surface area contributed by atoms with Gasteiger partial charge in [-0.25, -0.2) is 4.57 Å². The first kappa shape index (κ1) is 39.5. The minimum atomic E-state index is -4.33. The molecule has 0 rings (SSSR count). The number of nitrogens with one attached hydrogen (secondary N) is 1. The van der Waals surface area contributed by atoms with Gasteiger partial charge in [-0.3, -0.25) is 13.8 Å². The highest BCUT2D eigenvalue weighted by Crippen LogP contribution is 2.43. The van der Waals surface area contributed by atoms with Crippen molar-refractivity contribution in [3.63, 3.8) is 0 Å². The van der Waals surface area contributed by atoms with Gasteiger partial charge in [0.25, 0.3) is 0 Å². The van der Waals surface area contributed by atoms with Crippen molar-refractivity contribution in [2.24, 2.45) is 5.73 Å². The Bertz CT molecular complexity index is 784. The number of carbonyl (C=O) groups is 1. The van der Waals surface area contributed by atoms with E-state index in [1.807, 2.05) is 6.08 Å². The zero-order chi connectivity index (χ0) is 30.4. The van der Waals surface area contributed by atoms with E-state index >= 15 is 0 Å². The summed E-state index contributed by atoms with van der Waals surface area (Å²) in [7, 11) is -4.33. The molecule has 3 atom stereocenters. The average molecular weight is 599 g/mol. The third-order valence-electron chi connectivity index (χ3n) is 6.41. The van der Waals surface area contributed by atoms with Crippen LogP contribution in [-0.2, 0) is 18.4 Å². The Labute approximate surface area is 250 Å². The maximum absolute atomic E-state index is 12.6. The van der Waals surface area contributed by atoms with Gasteiger partial charge in [0.05, 0.1) is 25.4 Å². The van der Waals surface area contributed by atoms with Crippen LogP contribution in [0.15, 0.2) is 48.6 Å². The second-order valence-electron chi connectivity index (χ2n) is 10.3. The highest BCUT2D eigenvalue weighted by molar-refractivity contribution is 7.47. The summed E-state index contributed by atoms with van der Waals surface area (Å²) in [5, 5.41) is 13.5. The highest BCUT2D eigenvalue weighted by atomic mass is 31.2. The van der Waals surface area contributed by atoms with Gasteiger partial charge in [0.1, 0.15) is 0 Å². The van der Waals surface area contributed by atoms with Crippen LogP contribution < -0.4 is 11.1 Å². The molecule has 0 spiro atoms. The molecule has 0 aliphatic heterocycles. The number of allylic oxidation sites excluding steroid dienone is 7. The van der Waals surface area contributed by atoms with Gasteiger partial charge in [-0.05, 0) is 51.4 Å². The molecule has 1 amide bonds. The number of aliphatic hydroxyl groups excluding tert-OH is 1. The van der Waals surface area contributed by atoms with Gasteiger partial charge < -0.3 is 21.1 Å². The number of rotatable bonds is 28. The van der Waals surface area contributed by atoms with E-state index in [2.05, 4.69) is 55.6 Å². The zero-order valence-electron chi connectivity index (χ0n) is 25.8. The van der Waals surface area contributed by atoms with Gasteiger partial charge >= 0.3 is 7.82 Å². The van der Waals surface area contributed by atoms with E-state index < -0.39 is 20.0 Å². The van der Waals surface area contributed by atoms with Crippen molar-refractivity contribution >= 4 is 13.7 Å². The third-order valence-corrected chi connectivity index (χ3v) is 7.39. The lowest BCUT2D eigenvalue weighted by atomic mass is 10.1. The van der Waals surface area contributed by atoms with Crippen molar-refractivity contribution in [3.05, 3.63) is 48.6 Å². The Kier molecular flexibility index (Phi) is 27.5. The number of phosphoric ester groups is 1. The molecule has 0 bridgehead atoms. The third kappa shape index (κ3) is 27.1. The van der Waals surface area contributed by atoms with Crippen LogP contribution >= 0.6 is 7.82 Å². The first-order valence-electron chi connectivity index (χ1n) is 15.8. The standard InChI is InChI=1S/C32H59N2O6P/c1-3-5-7-9-11-13-14-15-16-18-20-22-24-26-32(36)34-30(29-40-41(37,38)39-28-27-33)31(35)25-23-21-19-17-12-10-8-6-4-2/h5,7,11,13,15-16,23,25,30-31,35H,3-4,6,8-10,12,14,17-22,24,26-29,33H2,1-2H3,(H,34,36)(H,37,38)/b7-5-,13-11-,16-15-,25-23+. The molecular formula is C32H59N2O6P. The monoisotopic (exact) mass is 598 g/mol. The van der Waals surface area contributed by atoms with Crippen molar-refractivity contribution in [3.8, 4) is 0 Å². The van der Waals surface area contributed by atoms with Gasteiger partial charge in [-0.2, -0.15) is 0 Å². The highest BCUT2D eigenvalue weighted by Gasteiger charge is 2.26. The SMILES string of the molecule is CC/C=C\C/C=C\C/C=C\CCCCCC(=O)NC(COP(=O)(O)OCCN)C(O)/C=C/CCCCCCCCC. The minimum absolute atomic E-state index is 0.0713. The maximum atomic E-state index is 12.6. The van der Waals surface area contributed by atoms with Crippen molar-refractivity contribution in [1.29, 1.82) is 0 Å². The predicted molar refractivity (Wildman–Crippen MR) is 171 cm³/mol. The number of unbranched alkanes of at least 4 members (excludes halogenated alkanes) is 10. The van der Waals surface area contributed by atoms with E-state index in [-0.39, 0.29) is 25.7 Å². The van der Waals surface area contributed by atoms with Crippen LogP contribution in [0.3, 0.4) is 0 Å². The molecule has 0 saturated heterocycles. The lowest BCUT2D eigenvalue weighted by Gasteiger charge is -2.23. The van der Waals surface area contributed by atoms with Crippen LogP contribution in [0.2, 0.25) is 0 Å². The Balaban J connectivity index is 4.50. The summed E-state index contributed by atoms with van der Waals surface area (Å²) in [5.41, 5.74) is 5.32. The predicted octanol–water partition coefficient (Wildman–Crippen LogP) is 7.43. The number of hydrogen-bond donors (Lipinski definition) is 4. The van der Waals surface area contributed by atoms with Crippen LogP contribution in [0.25, 0.3) is 0 Å². The molecule has 41 heavy (non-hydrogen) atoms. The molecule has 0 aliphatic carbocycles. The Morgan fingerprint density at radius 3 is 2.07 bits per heavy atom. The molecule has 8 nitrogen and oxygen atoms in total. The first-order valence-corrected chi connectivity index (χ1v) is 17.3. The number of carbonyl (C=O) groups excluding carboxylic acids is 1. The summed E-state index contributed by atoms with van der Waals surface area (Å²) in [5.74, 6) is -0.230. The Morgan fingerprint density at radius 2 is 1.41 bits per heavy atom. The molecule has 3 unspecified atom stereocenters. The van der Waals surface area contributed by atoms with Crippen molar-refractivity contribution in [2.75, 3.05) is 19.8 Å². The van der Waals surface area contributed by atoms with Crippen LogP contribution in [-0.4, -0.2) is 47.8 Å². The van der Waals surface area contributed by atoms with Crippen molar-refractivity contribution in [1.82, 2.24) is 5.32 Å². The van der Waals surface area contributed by atoms with Crippen molar-refractivity contribution < 1.29 is 28.4 Å². The van der Waals surface area contributed by atoms with Gasteiger partial charge in [0.2, 0.25) is 5.91 Å². The number of phosphoric acid groups is 1. The quantitative estimate of drug-likeness (QED) is 0.0418. The normalized spacial score (nSPS) is 15.3. The summed E-state index contributed by atoms with van der Waals surface area (Å²) >= 11 is 0. The molecule has 0 aromatic rings. The number of nitrogens with two attached hydrogens (primary N) is 1. The van der Waals surface area contributed by atoms with Crippen molar-refractivity contribution in [2.45, 2.75) is 129 Å². The van der Waals surface area contributed by atoms with Crippen LogP contribution in [0.5, 0.6) is 0 Å². The molecule has 0 radical (unpaired) electrons. The summed E-state index contributed by atoms with van der Waals surface area (Å²) in [6.45, 7) is 3.91. The maximum Gasteiger partial charge on any atom is 0.472 e. The first-order chi connectivity index (χ1) is 19.9. The molecule has 0 fully saturated rings. The molecule has 9 heteroatoms. The fourth-order valence-corrected chi connectivity index (χ4v) is 4.78. The van der Waals surface area contributed by atoms with Crippen LogP contribution in [0.1, 0.15) is 117 Å². The van der Waals surface area contributed by atoms with Crippen LogP contribution in [0.4, 0.5) is 0 Å². The van der Waals surface area contributed by atoms with Gasteiger partial charge in [-0.15, -0.1) is 0 Å². The molecule has 0 saturated carbocycles. The summed E-state index contributed by atoms with van der Waals surface area (Å²) in [4.78, 5) is 22.4. The second-order valence-corrected chi connectivity index (χ2v) is 11.7. The van der Waals surface area contributed by atoms with E-state index in [0.717, 1.165) is 64.2 Å². The Hall–Kier alpha value is -1.54. The lowest BCUT2D eigenvalue weighted by molar-refractivity contribution is -0.123. The summed E-state index contributed by atoms with van der Waals surface area (Å²) in [6.07, 6.45) is 31.6. The topological polar surface area (TPSA) is 131 Å². The summed E-state index contributed by atoms with van der Waals surface area (Å²) < 4.78 is 21.9. The van der Waals surface area contributed by atoms with Gasteiger partial charge in [0.15, 0.2) is 0 Å². The zero-order valence-corrected chi connectivity index (χ0v) is 26.7. The number of amides is 1. The van der Waals surface area contributed by atoms with Gasteiger partial charge in [-0.1, -0.05) is 107 Å². The minimum Gasteiger partial charge on any atom is -0.387 e. The molecule has 0 aliphatic rings. The molecule has 238 valence electrons.